The fraction of sp³-hybridized carbons (Fsp3) is 0.857. The van der Waals surface area contributed by atoms with Gasteiger partial charge in [0.15, 0.2) is 0 Å². The molecule has 1 unspecified atom stereocenters. The van der Waals surface area contributed by atoms with E-state index in [0.717, 1.165) is 0 Å². The topological polar surface area (TPSA) is 89.8 Å². The Balaban J connectivity index is 3.41. The van der Waals surface area contributed by atoms with Gasteiger partial charge < -0.3 is 20.0 Å². The molecule has 0 aromatic carbocycles. The van der Waals surface area contributed by atoms with Gasteiger partial charge in [0.1, 0.15) is 6.04 Å². The van der Waals surface area contributed by atoms with Crippen molar-refractivity contribution in [1.82, 2.24) is 5.32 Å². The normalized spacial score (nSPS) is 14.2. The number of hydrogen-bond donors (Lipinski definition) is 4. The molecule has 0 saturated heterocycles. The van der Waals surface area contributed by atoms with E-state index in [-0.39, 0.29) is 0 Å². The molecule has 0 aromatic rings. The zero-order chi connectivity index (χ0) is 10.5. The highest BCUT2D eigenvalue weighted by atomic mass is 28.4. The van der Waals surface area contributed by atoms with Crippen LogP contribution in [0, 0.1) is 0 Å². The summed E-state index contributed by atoms with van der Waals surface area (Å²) in [4.78, 5) is 28.4. The minimum absolute atomic E-state index is 0.367. The van der Waals surface area contributed by atoms with Gasteiger partial charge in [-0.05, 0) is 32.5 Å². The van der Waals surface area contributed by atoms with E-state index < -0.39 is 20.6 Å². The van der Waals surface area contributed by atoms with Crippen molar-refractivity contribution in [2.45, 2.75) is 32.0 Å². The molecule has 0 amide bonds. The van der Waals surface area contributed by atoms with Crippen LogP contribution in [0.5, 0.6) is 0 Å². The molecule has 0 radical (unpaired) electrons. The second-order valence-electron chi connectivity index (χ2n) is 3.33. The zero-order valence-corrected chi connectivity index (χ0v) is 8.95. The average Bonchev–Trinajstić information content (AvgIpc) is 1.95. The molecule has 1 atom stereocenters. The molecule has 0 bridgehead atoms. The third kappa shape index (κ3) is 7.91. The average molecular weight is 207 g/mol. The van der Waals surface area contributed by atoms with Crippen molar-refractivity contribution in [3.8, 4) is 0 Å². The van der Waals surface area contributed by atoms with E-state index >= 15 is 0 Å². The van der Waals surface area contributed by atoms with Gasteiger partial charge in [-0.2, -0.15) is 0 Å². The molecule has 0 aliphatic heterocycles. The van der Waals surface area contributed by atoms with Crippen molar-refractivity contribution in [2.75, 3.05) is 6.54 Å². The van der Waals surface area contributed by atoms with Crippen LogP contribution in [0.15, 0.2) is 0 Å². The Morgan fingerprint density at radius 2 is 2.08 bits per heavy atom. The Labute approximate surface area is 78.7 Å². The maximum atomic E-state index is 10.3. The molecule has 0 aliphatic carbocycles. The van der Waals surface area contributed by atoms with Crippen LogP contribution in [0.2, 0.25) is 12.6 Å². The summed E-state index contributed by atoms with van der Waals surface area (Å²) in [6.07, 6.45) is 0.591. The number of nitrogens with one attached hydrogen (secondary N) is 1. The highest BCUT2D eigenvalue weighted by molar-refractivity contribution is 6.63. The van der Waals surface area contributed by atoms with Crippen LogP contribution in [0.4, 0.5) is 0 Å². The lowest BCUT2D eigenvalue weighted by Crippen LogP contribution is -2.36. The molecule has 13 heavy (non-hydrogen) atoms. The van der Waals surface area contributed by atoms with Crippen molar-refractivity contribution in [2.24, 2.45) is 0 Å². The minimum atomic E-state index is -2.94. The van der Waals surface area contributed by atoms with Gasteiger partial charge in [-0.15, -0.1) is 0 Å². The molecular weight excluding hydrogens is 190 g/mol. The standard InChI is InChI=1S/C7H17NO4Si/c1-6(7(9)10)8-4-3-5-13(2,11)12/h6,8,11-12H,3-5H2,1-2H3,(H,9,10). The van der Waals surface area contributed by atoms with Crippen LogP contribution in [-0.4, -0.2) is 41.8 Å². The van der Waals surface area contributed by atoms with E-state index in [1.54, 1.807) is 6.92 Å². The van der Waals surface area contributed by atoms with Gasteiger partial charge in [-0.3, -0.25) is 4.79 Å². The number of hydrogen-bond acceptors (Lipinski definition) is 4. The molecule has 0 rings (SSSR count). The van der Waals surface area contributed by atoms with Gasteiger partial charge in [-0.25, -0.2) is 0 Å². The first-order valence-corrected chi connectivity index (χ1v) is 6.84. The molecular formula is C7H17NO4Si. The van der Waals surface area contributed by atoms with E-state index in [4.69, 9.17) is 14.7 Å². The van der Waals surface area contributed by atoms with Crippen LogP contribution in [0.25, 0.3) is 0 Å². The van der Waals surface area contributed by atoms with Crippen LogP contribution in [0.3, 0.4) is 0 Å². The molecule has 78 valence electrons. The third-order valence-electron chi connectivity index (χ3n) is 1.65. The summed E-state index contributed by atoms with van der Waals surface area (Å²) < 4.78 is 0. The Kier molecular flexibility index (Phi) is 5.15. The van der Waals surface area contributed by atoms with E-state index in [0.29, 0.717) is 19.0 Å². The summed E-state index contributed by atoms with van der Waals surface area (Å²) in [5.41, 5.74) is 0. The number of carboxylic acid groups (broad SMARTS) is 1. The molecule has 0 spiro atoms. The first-order valence-electron chi connectivity index (χ1n) is 4.24. The third-order valence-corrected chi connectivity index (χ3v) is 2.95. The number of rotatable bonds is 6. The summed E-state index contributed by atoms with van der Waals surface area (Å²) in [6.45, 7) is 3.49. The maximum absolute atomic E-state index is 10.3. The van der Waals surface area contributed by atoms with Crippen molar-refractivity contribution >= 4 is 14.5 Å². The smallest absolute Gasteiger partial charge is 0.329 e. The fourth-order valence-electron chi connectivity index (χ4n) is 0.829. The SMILES string of the molecule is CC(NCCC[Si](C)(O)O)C(=O)O. The highest BCUT2D eigenvalue weighted by Crippen LogP contribution is 2.02. The number of carboxylic acids is 1. The zero-order valence-electron chi connectivity index (χ0n) is 7.95. The molecule has 0 aromatic heterocycles. The Morgan fingerprint density at radius 3 is 2.46 bits per heavy atom. The van der Waals surface area contributed by atoms with Crippen LogP contribution in [0.1, 0.15) is 13.3 Å². The van der Waals surface area contributed by atoms with Crippen molar-refractivity contribution in [1.29, 1.82) is 0 Å². The van der Waals surface area contributed by atoms with Gasteiger partial charge in [0.25, 0.3) is 0 Å². The lowest BCUT2D eigenvalue weighted by atomic mass is 10.3. The summed E-state index contributed by atoms with van der Waals surface area (Å²) in [7, 11) is -2.94. The first-order chi connectivity index (χ1) is 5.83. The monoisotopic (exact) mass is 207 g/mol. The molecule has 6 heteroatoms. The lowest BCUT2D eigenvalue weighted by Gasteiger charge is -2.12. The van der Waals surface area contributed by atoms with E-state index in [1.165, 1.54) is 6.55 Å². The van der Waals surface area contributed by atoms with Crippen LogP contribution in [-0.2, 0) is 4.79 Å². The Bertz CT molecular complexity index is 168. The Morgan fingerprint density at radius 1 is 1.54 bits per heavy atom. The molecule has 0 aliphatic rings. The van der Waals surface area contributed by atoms with Crippen molar-refractivity contribution in [3.63, 3.8) is 0 Å². The second-order valence-corrected chi connectivity index (χ2v) is 6.27. The highest BCUT2D eigenvalue weighted by Gasteiger charge is 2.20. The summed E-state index contributed by atoms with van der Waals surface area (Å²) in [5, 5.41) is 11.2. The number of carbonyl (C=O) groups is 1. The molecule has 0 fully saturated rings. The number of aliphatic carboxylic acids is 1. The lowest BCUT2D eigenvalue weighted by molar-refractivity contribution is -0.138. The molecule has 0 heterocycles. The van der Waals surface area contributed by atoms with Gasteiger partial charge in [0.2, 0.25) is 0 Å². The van der Waals surface area contributed by atoms with Crippen molar-refractivity contribution in [3.05, 3.63) is 0 Å². The van der Waals surface area contributed by atoms with Crippen LogP contribution < -0.4 is 5.32 Å². The van der Waals surface area contributed by atoms with Crippen molar-refractivity contribution < 1.29 is 19.5 Å². The predicted octanol–water partition coefficient (Wildman–Crippen LogP) is -0.504. The van der Waals surface area contributed by atoms with E-state index in [2.05, 4.69) is 5.32 Å². The maximum Gasteiger partial charge on any atom is 0.329 e. The summed E-state index contributed by atoms with van der Waals surface area (Å²) in [6, 6.07) is -0.211. The molecule has 5 nitrogen and oxygen atoms in total. The van der Waals surface area contributed by atoms with Gasteiger partial charge in [0.05, 0.1) is 0 Å². The fourth-order valence-corrected chi connectivity index (χ4v) is 1.68. The van der Waals surface area contributed by atoms with Crippen LogP contribution >= 0.6 is 0 Å². The largest absolute Gasteiger partial charge is 0.480 e. The summed E-state index contributed by atoms with van der Waals surface area (Å²) in [5.74, 6) is -0.895. The predicted molar refractivity (Wildman–Crippen MR) is 50.6 cm³/mol. The van der Waals surface area contributed by atoms with Gasteiger partial charge in [-0.1, -0.05) is 0 Å². The summed E-state index contributed by atoms with van der Waals surface area (Å²) >= 11 is 0. The molecule has 4 N–H and O–H groups in total. The van der Waals surface area contributed by atoms with Gasteiger partial charge in [0, 0.05) is 0 Å². The first kappa shape index (κ1) is 12.6. The quantitative estimate of drug-likeness (QED) is 0.348. The second kappa shape index (κ2) is 5.33. The van der Waals surface area contributed by atoms with Gasteiger partial charge >= 0.3 is 14.5 Å². The van der Waals surface area contributed by atoms with E-state index in [9.17, 15) is 4.79 Å². The molecule has 0 saturated carbocycles. The van der Waals surface area contributed by atoms with E-state index in [1.807, 2.05) is 0 Å². The Hall–Kier alpha value is -0.433. The minimum Gasteiger partial charge on any atom is -0.480 e.